The Bertz CT molecular complexity index is 878. The van der Waals surface area contributed by atoms with E-state index >= 15 is 0 Å². The SMILES string of the molecule is COC1CCC2(CC1)Cc1ccc(CCC(C)C)cc1C21N=C(N)N(CC(F)F)C1=O. The third-order valence-electron chi connectivity index (χ3n) is 7.53. The number of halogens is 2. The van der Waals surface area contributed by atoms with Crippen molar-refractivity contribution in [2.24, 2.45) is 22.1 Å². The zero-order valence-electron chi connectivity index (χ0n) is 18.7. The smallest absolute Gasteiger partial charge is 0.262 e. The van der Waals surface area contributed by atoms with Gasteiger partial charge in [0.15, 0.2) is 11.5 Å². The second-order valence-electron chi connectivity index (χ2n) is 9.80. The largest absolute Gasteiger partial charge is 0.381 e. The van der Waals surface area contributed by atoms with Crippen LogP contribution in [0, 0.1) is 11.3 Å². The molecule has 1 fully saturated rings. The van der Waals surface area contributed by atoms with Gasteiger partial charge in [0.05, 0.1) is 12.6 Å². The van der Waals surface area contributed by atoms with Gasteiger partial charge in [0.25, 0.3) is 12.3 Å². The Hall–Kier alpha value is -2.02. The first-order chi connectivity index (χ1) is 14.7. The van der Waals surface area contributed by atoms with E-state index in [1.807, 2.05) is 0 Å². The number of carbonyl (C=O) groups excluding carboxylic acids is 1. The molecule has 1 heterocycles. The van der Waals surface area contributed by atoms with E-state index in [4.69, 9.17) is 15.5 Å². The summed E-state index contributed by atoms with van der Waals surface area (Å²) in [6, 6.07) is 6.34. The molecule has 1 aromatic carbocycles. The molecule has 170 valence electrons. The van der Waals surface area contributed by atoms with Gasteiger partial charge in [-0.3, -0.25) is 9.69 Å². The lowest BCUT2D eigenvalue weighted by molar-refractivity contribution is -0.139. The van der Waals surface area contributed by atoms with Crippen LogP contribution in [0.5, 0.6) is 0 Å². The highest BCUT2D eigenvalue weighted by atomic mass is 19.3. The molecule has 0 bridgehead atoms. The minimum absolute atomic E-state index is 0.0843. The number of benzene rings is 1. The number of hydrogen-bond acceptors (Lipinski definition) is 4. The first-order valence-corrected chi connectivity index (χ1v) is 11.3. The van der Waals surface area contributed by atoms with Crippen molar-refractivity contribution in [2.45, 2.75) is 76.9 Å². The Labute approximate surface area is 183 Å². The Morgan fingerprint density at radius 3 is 2.61 bits per heavy atom. The van der Waals surface area contributed by atoms with Gasteiger partial charge in [-0.25, -0.2) is 13.8 Å². The number of nitrogens with two attached hydrogens (primary N) is 1. The minimum atomic E-state index is -2.66. The highest BCUT2D eigenvalue weighted by molar-refractivity contribution is 6.08. The second-order valence-corrected chi connectivity index (χ2v) is 9.80. The lowest BCUT2D eigenvalue weighted by Crippen LogP contribution is -2.52. The molecule has 0 radical (unpaired) electrons. The van der Waals surface area contributed by atoms with E-state index < -0.39 is 23.9 Å². The Morgan fingerprint density at radius 1 is 1.29 bits per heavy atom. The maximum Gasteiger partial charge on any atom is 0.262 e. The first-order valence-electron chi connectivity index (χ1n) is 11.3. The molecule has 2 aliphatic carbocycles. The molecule has 31 heavy (non-hydrogen) atoms. The number of aliphatic imine (C=N–C) groups is 1. The van der Waals surface area contributed by atoms with Crippen LogP contribution in [0.25, 0.3) is 0 Å². The quantitative estimate of drug-likeness (QED) is 0.737. The van der Waals surface area contributed by atoms with Crippen molar-refractivity contribution in [3.63, 3.8) is 0 Å². The number of alkyl halides is 2. The normalized spacial score (nSPS) is 30.2. The summed E-state index contributed by atoms with van der Waals surface area (Å²) >= 11 is 0. The third kappa shape index (κ3) is 3.55. The number of ether oxygens (including phenoxy) is 1. The monoisotopic (exact) mass is 433 g/mol. The molecule has 1 saturated carbocycles. The number of rotatable bonds is 6. The fourth-order valence-electron chi connectivity index (χ4n) is 5.84. The summed E-state index contributed by atoms with van der Waals surface area (Å²) in [4.78, 5) is 19.5. The number of nitrogens with zero attached hydrogens (tertiary/aromatic N) is 2. The standard InChI is InChI=1S/C24H33F2N3O2/c1-15(2)4-5-16-6-7-17-13-23(10-8-18(31-3)9-11-23)24(19(17)12-16)21(30)29(14-20(25)26)22(27)28-24/h6-7,12,15,18,20H,4-5,8-11,13-14H2,1-3H3,(H2,27,28). The molecule has 1 aromatic rings. The molecule has 0 saturated heterocycles. The zero-order valence-corrected chi connectivity index (χ0v) is 18.7. The molecular weight excluding hydrogens is 400 g/mol. The molecular formula is C24H33F2N3O2. The van der Waals surface area contributed by atoms with Crippen LogP contribution in [0.4, 0.5) is 8.78 Å². The van der Waals surface area contributed by atoms with E-state index in [-0.39, 0.29) is 18.0 Å². The fourth-order valence-corrected chi connectivity index (χ4v) is 5.84. The van der Waals surface area contributed by atoms with Gasteiger partial charge in [-0.2, -0.15) is 0 Å². The highest BCUT2D eigenvalue weighted by Crippen LogP contribution is 2.62. The molecule has 7 heteroatoms. The Balaban J connectivity index is 1.79. The summed E-state index contributed by atoms with van der Waals surface area (Å²) < 4.78 is 32.1. The topological polar surface area (TPSA) is 67.9 Å². The van der Waals surface area contributed by atoms with Crippen LogP contribution in [-0.2, 0) is 27.9 Å². The molecule has 1 amide bonds. The van der Waals surface area contributed by atoms with Gasteiger partial charge in [0, 0.05) is 12.5 Å². The van der Waals surface area contributed by atoms with Gasteiger partial charge in [-0.1, -0.05) is 32.0 Å². The molecule has 3 aliphatic rings. The van der Waals surface area contributed by atoms with E-state index in [0.717, 1.165) is 60.1 Å². The molecule has 2 spiro atoms. The van der Waals surface area contributed by atoms with E-state index in [1.165, 1.54) is 0 Å². The summed E-state index contributed by atoms with van der Waals surface area (Å²) in [5, 5.41) is 0. The van der Waals surface area contributed by atoms with Crippen molar-refractivity contribution in [3.8, 4) is 0 Å². The number of fused-ring (bicyclic) bond motifs is 3. The Morgan fingerprint density at radius 2 is 2.00 bits per heavy atom. The van der Waals surface area contributed by atoms with Crippen LogP contribution in [0.3, 0.4) is 0 Å². The molecule has 4 rings (SSSR count). The van der Waals surface area contributed by atoms with Crippen LogP contribution in [0.1, 0.15) is 62.6 Å². The number of amides is 1. The van der Waals surface area contributed by atoms with Crippen molar-refractivity contribution in [1.29, 1.82) is 0 Å². The molecule has 1 atom stereocenters. The average Bonchev–Trinajstić information content (AvgIpc) is 3.13. The fraction of sp³-hybridized carbons (Fsp3) is 0.667. The Kier molecular flexibility index (Phi) is 5.83. The number of aryl methyl sites for hydroxylation is 1. The molecule has 2 N–H and O–H groups in total. The second kappa shape index (κ2) is 8.15. The van der Waals surface area contributed by atoms with Crippen molar-refractivity contribution >= 4 is 11.9 Å². The summed E-state index contributed by atoms with van der Waals surface area (Å²) in [5.41, 5.74) is 7.58. The van der Waals surface area contributed by atoms with Crippen molar-refractivity contribution in [1.82, 2.24) is 4.90 Å². The van der Waals surface area contributed by atoms with E-state index in [0.29, 0.717) is 12.3 Å². The highest BCUT2D eigenvalue weighted by Gasteiger charge is 2.66. The number of guanidine groups is 1. The molecule has 0 aromatic heterocycles. The van der Waals surface area contributed by atoms with Crippen molar-refractivity contribution < 1.29 is 18.3 Å². The molecule has 5 nitrogen and oxygen atoms in total. The first kappa shape index (κ1) is 22.2. The van der Waals surface area contributed by atoms with Gasteiger partial charge >= 0.3 is 0 Å². The van der Waals surface area contributed by atoms with Gasteiger partial charge in [-0.15, -0.1) is 0 Å². The van der Waals surface area contributed by atoms with E-state index in [1.54, 1.807) is 7.11 Å². The van der Waals surface area contributed by atoms with Crippen LogP contribution in [0.15, 0.2) is 23.2 Å². The summed E-state index contributed by atoms with van der Waals surface area (Å²) in [5.74, 6) is 0.0982. The minimum Gasteiger partial charge on any atom is -0.381 e. The predicted molar refractivity (Wildman–Crippen MR) is 116 cm³/mol. The maximum absolute atomic E-state index is 13.8. The number of methoxy groups -OCH3 is 1. The predicted octanol–water partition coefficient (Wildman–Crippen LogP) is 4.02. The summed E-state index contributed by atoms with van der Waals surface area (Å²) in [7, 11) is 1.71. The zero-order chi connectivity index (χ0) is 22.4. The lowest BCUT2D eigenvalue weighted by Gasteiger charge is -2.45. The van der Waals surface area contributed by atoms with E-state index in [9.17, 15) is 13.6 Å². The summed E-state index contributed by atoms with van der Waals surface area (Å²) in [6.45, 7) is 3.66. The third-order valence-corrected chi connectivity index (χ3v) is 7.53. The number of carbonyl (C=O) groups is 1. The van der Waals surface area contributed by atoms with E-state index in [2.05, 4.69) is 32.0 Å². The van der Waals surface area contributed by atoms with Crippen LogP contribution < -0.4 is 5.73 Å². The average molecular weight is 434 g/mol. The maximum atomic E-state index is 13.8. The lowest BCUT2D eigenvalue weighted by atomic mass is 9.61. The molecule has 1 unspecified atom stereocenters. The van der Waals surface area contributed by atoms with Crippen LogP contribution in [-0.4, -0.2) is 43.0 Å². The van der Waals surface area contributed by atoms with Gasteiger partial charge in [0.2, 0.25) is 0 Å². The van der Waals surface area contributed by atoms with Crippen molar-refractivity contribution in [2.75, 3.05) is 13.7 Å². The van der Waals surface area contributed by atoms with Crippen molar-refractivity contribution in [3.05, 3.63) is 34.9 Å². The summed E-state index contributed by atoms with van der Waals surface area (Å²) in [6.07, 6.45) is 3.33. The van der Waals surface area contributed by atoms with Gasteiger partial charge < -0.3 is 10.5 Å². The molecule has 1 aliphatic heterocycles. The van der Waals surface area contributed by atoms with Crippen LogP contribution >= 0.6 is 0 Å². The van der Waals surface area contributed by atoms with Crippen LogP contribution in [0.2, 0.25) is 0 Å². The van der Waals surface area contributed by atoms with Gasteiger partial charge in [-0.05, 0) is 67.6 Å². The number of hydrogen-bond donors (Lipinski definition) is 1. The van der Waals surface area contributed by atoms with Gasteiger partial charge in [0.1, 0.15) is 0 Å².